The van der Waals surface area contributed by atoms with Crippen molar-refractivity contribution in [3.05, 3.63) is 138 Å². The largest absolute Gasteiger partial charge is 0.478 e. The summed E-state index contributed by atoms with van der Waals surface area (Å²) in [5.41, 5.74) is 7.42. The van der Waals surface area contributed by atoms with E-state index in [1.54, 1.807) is 49.2 Å². The van der Waals surface area contributed by atoms with Gasteiger partial charge in [-0.3, -0.25) is 4.79 Å². The van der Waals surface area contributed by atoms with Crippen LogP contribution in [-0.2, 0) is 33.0 Å². The van der Waals surface area contributed by atoms with Gasteiger partial charge in [-0.2, -0.15) is 5.10 Å². The third-order valence-corrected chi connectivity index (χ3v) is 9.41. The van der Waals surface area contributed by atoms with Gasteiger partial charge in [0.2, 0.25) is 0 Å². The van der Waals surface area contributed by atoms with E-state index in [1.807, 2.05) is 29.9 Å². The summed E-state index contributed by atoms with van der Waals surface area (Å²) >= 11 is 0. The van der Waals surface area contributed by atoms with Crippen molar-refractivity contribution in [3.8, 4) is 0 Å². The van der Waals surface area contributed by atoms with Crippen molar-refractivity contribution in [2.24, 2.45) is 13.0 Å². The number of rotatable bonds is 8. The highest BCUT2D eigenvalue weighted by Gasteiger charge is 2.32. The van der Waals surface area contributed by atoms with Gasteiger partial charge in [0.25, 0.3) is 0 Å². The monoisotopic (exact) mass is 684 g/mol. The Hall–Kier alpha value is -5.81. The predicted octanol–water partition coefficient (Wildman–Crippen LogP) is 6.43. The van der Waals surface area contributed by atoms with Crippen molar-refractivity contribution in [2.45, 2.75) is 39.3 Å². The molecule has 0 bridgehead atoms. The molecule has 0 aliphatic heterocycles. The Kier molecular flexibility index (Phi) is 10.9. The first kappa shape index (κ1) is 35.0. The van der Waals surface area contributed by atoms with E-state index in [9.17, 15) is 9.59 Å². The molecule has 0 saturated heterocycles. The van der Waals surface area contributed by atoms with Crippen LogP contribution in [0.4, 0.5) is 0 Å². The number of aromatic amines is 1. The Morgan fingerprint density at radius 1 is 1.04 bits per heavy atom. The molecule has 4 aromatic heterocycles. The van der Waals surface area contributed by atoms with E-state index in [-0.39, 0.29) is 11.7 Å². The second-order valence-electron chi connectivity index (χ2n) is 13.1. The van der Waals surface area contributed by atoms with Crippen LogP contribution in [0.25, 0.3) is 21.8 Å². The number of aromatic nitrogens is 7. The van der Waals surface area contributed by atoms with Crippen molar-refractivity contribution in [3.63, 3.8) is 0 Å². The number of H-pyrrole nitrogens is 1. The lowest BCUT2D eigenvalue weighted by molar-refractivity contribution is 0.0696. The minimum Gasteiger partial charge on any atom is -0.478 e. The number of benzene rings is 3. The van der Waals surface area contributed by atoms with Crippen LogP contribution in [-0.4, -0.2) is 76.3 Å². The molecular weight excluding hydrogens is 640 g/mol. The Bertz CT molecular complexity index is 2230. The van der Waals surface area contributed by atoms with E-state index in [0.717, 1.165) is 61.2 Å². The highest BCUT2D eigenvalue weighted by Crippen LogP contribution is 2.34. The number of likely N-dealkylation sites (N-methyl/N-ethyl adjacent to an activating group) is 1. The first-order valence-corrected chi connectivity index (χ1v) is 17.1. The third kappa shape index (κ3) is 8.16. The number of hydrogen-bond donors (Lipinski definition) is 2. The Balaban J connectivity index is 0.000000143. The maximum atomic E-state index is 13.0. The van der Waals surface area contributed by atoms with Gasteiger partial charge in [0.15, 0.2) is 5.78 Å². The number of carboxylic acid groups (broad SMARTS) is 1. The van der Waals surface area contributed by atoms with Crippen LogP contribution in [0.2, 0.25) is 0 Å². The number of aryl methyl sites for hydroxylation is 2. The van der Waals surface area contributed by atoms with Gasteiger partial charge >= 0.3 is 5.97 Å². The second-order valence-corrected chi connectivity index (χ2v) is 13.1. The lowest BCUT2D eigenvalue weighted by Gasteiger charge is -2.23. The summed E-state index contributed by atoms with van der Waals surface area (Å²) in [6.07, 6.45) is 12.1. The van der Waals surface area contributed by atoms with Gasteiger partial charge in [0.05, 0.1) is 12.1 Å². The number of hydrogen-bond acceptors (Lipinski definition) is 6. The number of Topliss-reactive ketones (excluding diaryl/α,β-unsaturated/α-hetero) is 1. The molecule has 0 radical (unpaired) electrons. The third-order valence-electron chi connectivity index (χ3n) is 9.41. The summed E-state index contributed by atoms with van der Waals surface area (Å²) < 4.78 is 6.10. The van der Waals surface area contributed by atoms with Crippen LogP contribution in [0.15, 0.2) is 104 Å². The first-order valence-electron chi connectivity index (χ1n) is 17.1. The molecule has 4 heterocycles. The van der Waals surface area contributed by atoms with Crippen molar-refractivity contribution >= 4 is 33.6 Å². The number of nitrogens with zero attached hydrogens (tertiary/aromatic N) is 7. The minimum absolute atomic E-state index is 0.0474. The zero-order chi connectivity index (χ0) is 35.9. The lowest BCUT2D eigenvalue weighted by atomic mass is 9.85. The summed E-state index contributed by atoms with van der Waals surface area (Å²) in [6.45, 7) is 4.53. The van der Waals surface area contributed by atoms with Crippen LogP contribution in [0.5, 0.6) is 0 Å². The van der Waals surface area contributed by atoms with Crippen LogP contribution < -0.4 is 0 Å². The molecule has 2 N–H and O–H groups in total. The van der Waals surface area contributed by atoms with Gasteiger partial charge in [0, 0.05) is 77.7 Å². The number of aromatic carboxylic acids is 1. The highest BCUT2D eigenvalue weighted by molar-refractivity contribution is 6.11. The number of fused-ring (bicyclic) bond motifs is 4. The summed E-state index contributed by atoms with van der Waals surface area (Å²) in [5, 5.41) is 14.9. The fraction of sp³-hybridized carbons (Fsp3) is 0.275. The molecule has 7 aromatic rings. The maximum Gasteiger partial charge on any atom is 0.335 e. The van der Waals surface area contributed by atoms with Gasteiger partial charge in [-0.25, -0.2) is 19.4 Å². The summed E-state index contributed by atoms with van der Waals surface area (Å²) in [5.74, 6) is 0.421. The molecule has 262 valence electrons. The molecule has 51 heavy (non-hydrogen) atoms. The number of ketones is 1. The lowest BCUT2D eigenvalue weighted by Crippen LogP contribution is -2.27. The first-order chi connectivity index (χ1) is 24.7. The van der Waals surface area contributed by atoms with E-state index in [4.69, 9.17) is 5.11 Å². The smallest absolute Gasteiger partial charge is 0.335 e. The molecule has 1 aliphatic carbocycles. The zero-order valence-electron chi connectivity index (χ0n) is 29.5. The van der Waals surface area contributed by atoms with Crippen LogP contribution in [0.3, 0.4) is 0 Å². The van der Waals surface area contributed by atoms with Crippen molar-refractivity contribution < 1.29 is 14.7 Å². The molecule has 0 spiro atoms. The van der Waals surface area contributed by atoms with Gasteiger partial charge in [-0.1, -0.05) is 42.5 Å². The van der Waals surface area contributed by atoms with E-state index >= 15 is 0 Å². The van der Waals surface area contributed by atoms with Crippen molar-refractivity contribution in [1.29, 1.82) is 0 Å². The quantitative estimate of drug-likeness (QED) is 0.189. The SMILES string of the molecule is CN(C)CCc1c[nH]c2ccc(Cn3cncn3)cc12.Cc1nccn1CC1CCc2c(c3ccccc3n2C)C1=O.O=C(O)c1ccccc1. The zero-order valence-corrected chi connectivity index (χ0v) is 29.5. The van der Waals surface area contributed by atoms with Gasteiger partial charge in [-0.15, -0.1) is 0 Å². The molecule has 3 aromatic carbocycles. The molecule has 11 heteroatoms. The molecule has 11 nitrogen and oxygen atoms in total. The Morgan fingerprint density at radius 3 is 2.51 bits per heavy atom. The Labute approximate surface area is 297 Å². The second kappa shape index (κ2) is 15.8. The number of carboxylic acids is 1. The molecule has 1 unspecified atom stereocenters. The van der Waals surface area contributed by atoms with Crippen LogP contribution >= 0.6 is 0 Å². The van der Waals surface area contributed by atoms with Gasteiger partial charge < -0.3 is 24.1 Å². The molecule has 0 amide bonds. The standard InChI is InChI=1S/C18H19N3O.C15H19N5.C7H6O2/c1-12-19-9-10-21(12)11-13-7-8-16-17(18(13)22)14-5-3-4-6-15(14)20(16)2;1-19(2)6-5-13-8-17-15-4-3-12(7-14(13)15)9-20-11-16-10-18-20;8-7(9)6-4-2-1-3-5-6/h3-6,9-10,13H,7-8,11H2,1-2H3;3-4,7-8,10-11,17H,5-6,9H2,1-2H3;1-5H,(H,8,9). The van der Waals surface area contributed by atoms with E-state index < -0.39 is 5.97 Å². The van der Waals surface area contributed by atoms with Crippen LogP contribution in [0, 0.1) is 12.8 Å². The van der Waals surface area contributed by atoms with Crippen LogP contribution in [0.1, 0.15) is 49.8 Å². The van der Waals surface area contributed by atoms with Gasteiger partial charge in [0.1, 0.15) is 18.5 Å². The predicted molar refractivity (Wildman–Crippen MR) is 199 cm³/mol. The molecule has 8 rings (SSSR count). The molecule has 1 aliphatic rings. The average Bonchev–Trinajstić information content (AvgIpc) is 3.94. The fourth-order valence-electron chi connectivity index (χ4n) is 6.63. The number of para-hydroxylation sites is 1. The summed E-state index contributed by atoms with van der Waals surface area (Å²) in [4.78, 5) is 37.0. The van der Waals surface area contributed by atoms with E-state index in [2.05, 4.69) is 91.8 Å². The highest BCUT2D eigenvalue weighted by atomic mass is 16.4. The number of carbonyl (C=O) groups excluding carboxylic acids is 1. The van der Waals surface area contributed by atoms with E-state index in [1.165, 1.54) is 27.7 Å². The number of nitrogens with one attached hydrogen (secondary N) is 1. The normalized spacial score (nSPS) is 13.8. The average molecular weight is 685 g/mol. The summed E-state index contributed by atoms with van der Waals surface area (Å²) in [6, 6.07) is 23.0. The topological polar surface area (TPSA) is 127 Å². The molecular formula is C40H44N8O3. The minimum atomic E-state index is -0.879. The van der Waals surface area contributed by atoms with Crippen molar-refractivity contribution in [2.75, 3.05) is 20.6 Å². The Morgan fingerprint density at radius 2 is 1.82 bits per heavy atom. The molecule has 1 atom stereocenters. The molecule has 0 saturated carbocycles. The van der Waals surface area contributed by atoms with E-state index in [0.29, 0.717) is 5.56 Å². The summed E-state index contributed by atoms with van der Waals surface area (Å²) in [7, 11) is 6.27. The number of imidazole rings is 1. The van der Waals surface area contributed by atoms with Gasteiger partial charge in [-0.05, 0) is 81.7 Å². The van der Waals surface area contributed by atoms with Crippen molar-refractivity contribution in [1.82, 2.24) is 38.8 Å². The number of carbonyl (C=O) groups is 2. The molecule has 0 fully saturated rings. The maximum absolute atomic E-state index is 13.0. The fourth-order valence-corrected chi connectivity index (χ4v) is 6.63.